The van der Waals surface area contributed by atoms with Crippen molar-refractivity contribution in [3.63, 3.8) is 0 Å². The number of nitrogens with one attached hydrogen (secondary N) is 1. The van der Waals surface area contributed by atoms with E-state index in [0.29, 0.717) is 5.56 Å². The molecule has 3 nitrogen and oxygen atoms in total. The average Bonchev–Trinajstić information content (AvgIpc) is 2.97. The van der Waals surface area contributed by atoms with Gasteiger partial charge >= 0.3 is 0 Å². The third kappa shape index (κ3) is 5.02. The maximum atomic E-state index is 14.6. The molecule has 1 heterocycles. The second-order valence-electron chi connectivity index (χ2n) is 7.26. The summed E-state index contributed by atoms with van der Waals surface area (Å²) in [6.07, 6.45) is 6.96. The molecule has 1 unspecified atom stereocenters. The van der Waals surface area contributed by atoms with Crippen LogP contribution in [0.3, 0.4) is 0 Å². The molecule has 2 rings (SSSR count). The molecule has 0 bridgehead atoms. The summed E-state index contributed by atoms with van der Waals surface area (Å²) < 4.78 is 14.6. The molecular weight excluding hydrogens is 313 g/mol. The van der Waals surface area contributed by atoms with Gasteiger partial charge in [-0.3, -0.25) is 4.99 Å². The number of alkyl halides is 1. The monoisotopic (exact) mass is 343 g/mol. The molecule has 0 amide bonds. The Labute approximate surface area is 150 Å². The Bertz CT molecular complexity index is 706. The molecule has 1 atom stereocenters. The lowest BCUT2D eigenvalue weighted by atomic mass is 9.92. The molecule has 4 heteroatoms. The largest absolute Gasteiger partial charge is 0.340 e. The standard InChI is InChI=1S/C21H30FN3/c1-6-16-13-19(25-20(16)24-5)17-10-15(9-7-8-14(2)23)11-18(12-17)21(3,4)22/h6,10-14H,7-9,23H2,1-5H3,(H,24,25)/b16-6-. The number of aryl methyl sites for hydroxylation is 1. The van der Waals surface area contributed by atoms with Gasteiger partial charge in [-0.2, -0.15) is 0 Å². The average molecular weight is 343 g/mol. The van der Waals surface area contributed by atoms with Gasteiger partial charge in [-0.25, -0.2) is 4.39 Å². The second-order valence-corrected chi connectivity index (χ2v) is 7.26. The minimum atomic E-state index is -1.38. The number of rotatable bonds is 6. The lowest BCUT2D eigenvalue weighted by Gasteiger charge is -2.18. The zero-order valence-corrected chi connectivity index (χ0v) is 16.0. The topological polar surface area (TPSA) is 50.4 Å². The molecule has 0 radical (unpaired) electrons. The predicted molar refractivity (Wildman–Crippen MR) is 105 cm³/mol. The van der Waals surface area contributed by atoms with Crippen LogP contribution in [-0.4, -0.2) is 18.9 Å². The van der Waals surface area contributed by atoms with Crippen LogP contribution in [0.2, 0.25) is 0 Å². The summed E-state index contributed by atoms with van der Waals surface area (Å²) in [6.45, 7) is 7.21. The highest BCUT2D eigenvalue weighted by Crippen LogP contribution is 2.30. The summed E-state index contributed by atoms with van der Waals surface area (Å²) in [5, 5.41) is 3.34. The minimum Gasteiger partial charge on any atom is -0.340 e. The number of nitrogens with two attached hydrogens (primary N) is 1. The number of nitrogens with zero attached hydrogens (tertiary/aromatic N) is 1. The van der Waals surface area contributed by atoms with Crippen LogP contribution in [0.4, 0.5) is 4.39 Å². The zero-order valence-electron chi connectivity index (χ0n) is 16.0. The third-order valence-electron chi connectivity index (χ3n) is 4.48. The molecule has 0 saturated heterocycles. The van der Waals surface area contributed by atoms with Gasteiger partial charge in [0, 0.05) is 24.4 Å². The van der Waals surface area contributed by atoms with Gasteiger partial charge in [0.25, 0.3) is 0 Å². The van der Waals surface area contributed by atoms with Crippen molar-refractivity contribution in [2.24, 2.45) is 10.7 Å². The number of amidine groups is 1. The highest BCUT2D eigenvalue weighted by atomic mass is 19.1. The number of hydrogen-bond acceptors (Lipinski definition) is 2. The quantitative estimate of drug-likeness (QED) is 0.800. The number of allylic oxidation sites excluding steroid dienone is 1. The van der Waals surface area contributed by atoms with Crippen molar-refractivity contribution in [3.05, 3.63) is 52.6 Å². The Balaban J connectivity index is 2.37. The van der Waals surface area contributed by atoms with Crippen molar-refractivity contribution in [2.75, 3.05) is 7.05 Å². The summed E-state index contributed by atoms with van der Waals surface area (Å²) in [5.41, 5.74) is 9.33. The van der Waals surface area contributed by atoms with Crippen molar-refractivity contribution in [3.8, 4) is 0 Å². The SMILES string of the molecule is C/C=C1/C=C(c2cc(CCCC(C)N)cc(C(C)(C)F)c2)NC1=NC. The fourth-order valence-electron chi connectivity index (χ4n) is 2.98. The predicted octanol–water partition coefficient (Wildman–Crippen LogP) is 4.48. The van der Waals surface area contributed by atoms with E-state index < -0.39 is 5.67 Å². The number of hydrogen-bond donors (Lipinski definition) is 2. The Morgan fingerprint density at radius 2 is 2.04 bits per heavy atom. The van der Waals surface area contributed by atoms with Gasteiger partial charge in [0.15, 0.2) is 0 Å². The van der Waals surface area contributed by atoms with Crippen LogP contribution in [0.1, 0.15) is 57.2 Å². The van der Waals surface area contributed by atoms with E-state index in [1.807, 2.05) is 32.1 Å². The first kappa shape index (κ1) is 19.4. The molecule has 1 aliphatic rings. The molecule has 0 spiro atoms. The van der Waals surface area contributed by atoms with Gasteiger partial charge in [0.05, 0.1) is 0 Å². The molecule has 1 aliphatic heterocycles. The van der Waals surface area contributed by atoms with E-state index in [9.17, 15) is 4.39 Å². The Morgan fingerprint density at radius 3 is 2.56 bits per heavy atom. The van der Waals surface area contributed by atoms with E-state index in [0.717, 1.165) is 47.5 Å². The lowest BCUT2D eigenvalue weighted by Crippen LogP contribution is -2.17. The van der Waals surface area contributed by atoms with Crippen molar-refractivity contribution >= 4 is 11.5 Å². The summed E-state index contributed by atoms with van der Waals surface area (Å²) in [6, 6.07) is 6.24. The normalized spacial score (nSPS) is 19.2. The number of benzene rings is 1. The van der Waals surface area contributed by atoms with Crippen LogP contribution >= 0.6 is 0 Å². The first-order chi connectivity index (χ1) is 11.7. The fraction of sp³-hybridized carbons (Fsp3) is 0.476. The summed E-state index contributed by atoms with van der Waals surface area (Å²) in [7, 11) is 1.77. The van der Waals surface area contributed by atoms with Gasteiger partial charge in [-0.1, -0.05) is 12.1 Å². The number of aliphatic imine (C=N–C) groups is 1. The molecule has 1 aromatic rings. The summed E-state index contributed by atoms with van der Waals surface area (Å²) in [4.78, 5) is 4.28. The Morgan fingerprint density at radius 1 is 1.32 bits per heavy atom. The molecule has 0 fully saturated rings. The maximum Gasteiger partial charge on any atom is 0.132 e. The fourth-order valence-corrected chi connectivity index (χ4v) is 2.98. The van der Waals surface area contributed by atoms with E-state index in [1.54, 1.807) is 20.9 Å². The molecule has 25 heavy (non-hydrogen) atoms. The maximum absolute atomic E-state index is 14.6. The first-order valence-electron chi connectivity index (χ1n) is 8.96. The number of halogens is 1. The Kier molecular flexibility index (Phi) is 6.17. The van der Waals surface area contributed by atoms with Crippen LogP contribution in [0.5, 0.6) is 0 Å². The van der Waals surface area contributed by atoms with Gasteiger partial charge in [-0.05, 0) is 81.9 Å². The molecule has 1 aromatic carbocycles. The van der Waals surface area contributed by atoms with Gasteiger partial charge in [0.2, 0.25) is 0 Å². The lowest BCUT2D eigenvalue weighted by molar-refractivity contribution is 0.221. The van der Waals surface area contributed by atoms with Crippen LogP contribution < -0.4 is 11.1 Å². The minimum absolute atomic E-state index is 0.194. The Hall–Kier alpha value is -1.94. The molecule has 3 N–H and O–H groups in total. The van der Waals surface area contributed by atoms with E-state index in [2.05, 4.69) is 22.5 Å². The van der Waals surface area contributed by atoms with Crippen molar-refractivity contribution in [1.29, 1.82) is 0 Å². The third-order valence-corrected chi connectivity index (χ3v) is 4.48. The highest BCUT2D eigenvalue weighted by molar-refractivity contribution is 6.11. The summed E-state index contributed by atoms with van der Waals surface area (Å²) >= 11 is 0. The molecule has 0 saturated carbocycles. The van der Waals surface area contributed by atoms with Crippen LogP contribution in [0.25, 0.3) is 5.70 Å². The second kappa shape index (κ2) is 7.96. The van der Waals surface area contributed by atoms with Crippen molar-refractivity contribution in [1.82, 2.24) is 5.32 Å². The summed E-state index contributed by atoms with van der Waals surface area (Å²) in [5.74, 6) is 0.848. The van der Waals surface area contributed by atoms with Gasteiger partial charge in [-0.15, -0.1) is 0 Å². The van der Waals surface area contributed by atoms with Crippen molar-refractivity contribution < 1.29 is 4.39 Å². The van der Waals surface area contributed by atoms with E-state index in [1.165, 1.54) is 0 Å². The smallest absolute Gasteiger partial charge is 0.132 e. The molecule has 136 valence electrons. The van der Waals surface area contributed by atoms with E-state index in [4.69, 9.17) is 5.73 Å². The zero-order chi connectivity index (χ0) is 18.6. The van der Waals surface area contributed by atoms with Gasteiger partial charge in [0.1, 0.15) is 11.5 Å². The molecule has 0 aromatic heterocycles. The van der Waals surface area contributed by atoms with Gasteiger partial charge < -0.3 is 11.1 Å². The van der Waals surface area contributed by atoms with E-state index in [-0.39, 0.29) is 6.04 Å². The first-order valence-corrected chi connectivity index (χ1v) is 8.96. The molecular formula is C21H30FN3. The van der Waals surface area contributed by atoms with Crippen LogP contribution in [0.15, 0.2) is 40.9 Å². The van der Waals surface area contributed by atoms with Crippen LogP contribution in [0, 0.1) is 0 Å². The van der Waals surface area contributed by atoms with Crippen LogP contribution in [-0.2, 0) is 12.1 Å². The van der Waals surface area contributed by atoms with E-state index >= 15 is 0 Å². The highest BCUT2D eigenvalue weighted by Gasteiger charge is 2.22. The van der Waals surface area contributed by atoms with Crippen molar-refractivity contribution in [2.45, 2.75) is 58.7 Å². The molecule has 0 aliphatic carbocycles.